The molecule has 0 saturated heterocycles. The van der Waals surface area contributed by atoms with Crippen molar-refractivity contribution < 1.29 is 51.6 Å². The molecule has 14 heteroatoms. The molecule has 12 nitrogen and oxygen atoms in total. The normalized spacial score (nSPS) is 11.9. The van der Waals surface area contributed by atoms with Crippen LogP contribution in [0.2, 0.25) is 0 Å². The average Bonchev–Trinajstić information content (AvgIpc) is 1.57. The van der Waals surface area contributed by atoms with E-state index in [-0.39, 0.29) is 42.1 Å². The Morgan fingerprint density at radius 3 is 1.15 bits per heavy atom. The van der Waals surface area contributed by atoms with Crippen LogP contribution in [-0.4, -0.2) is 47.0 Å². The van der Waals surface area contributed by atoms with Crippen LogP contribution in [0, 0.1) is 24.3 Å². The van der Waals surface area contributed by atoms with Crippen LogP contribution in [0.5, 0.6) is 23.0 Å². The first-order valence-corrected chi connectivity index (χ1v) is 37.9. The van der Waals surface area contributed by atoms with E-state index in [0.29, 0.717) is 46.7 Å². The fourth-order valence-corrected chi connectivity index (χ4v) is 16.8. The Balaban J connectivity index is 0.000000155. The van der Waals surface area contributed by atoms with Gasteiger partial charge in [0.15, 0.2) is 0 Å². The zero-order valence-electron chi connectivity index (χ0n) is 62.8. The van der Waals surface area contributed by atoms with Crippen molar-refractivity contribution in [1.29, 1.82) is 0 Å². The number of ether oxygens (including phenoxy) is 2. The molecule has 548 valence electrons. The van der Waals surface area contributed by atoms with Crippen molar-refractivity contribution in [2.45, 2.75) is 79.1 Å². The molecule has 8 aromatic heterocycles. The summed E-state index contributed by atoms with van der Waals surface area (Å²) in [6.45, 7) is 18.1. The van der Waals surface area contributed by atoms with E-state index in [2.05, 4.69) is 337 Å². The van der Waals surface area contributed by atoms with Crippen molar-refractivity contribution in [2.24, 2.45) is 0 Å². The van der Waals surface area contributed by atoms with Crippen molar-refractivity contribution in [1.82, 2.24) is 47.0 Å². The van der Waals surface area contributed by atoms with E-state index >= 15 is 0 Å². The number of fused-ring (bicyclic) bond motifs is 20. The molecule has 0 bridgehead atoms. The van der Waals surface area contributed by atoms with Crippen molar-refractivity contribution >= 4 is 120 Å². The number of nitrogens with zero attached hydrogens (tertiary/aromatic N) is 10. The van der Waals surface area contributed by atoms with E-state index in [1.54, 1.807) is 0 Å². The molecule has 0 aliphatic carbocycles. The Labute approximate surface area is 676 Å². The first-order valence-electron chi connectivity index (χ1n) is 37.9. The third kappa shape index (κ3) is 11.6. The summed E-state index contributed by atoms with van der Waals surface area (Å²) in [6, 6.07) is 106. The van der Waals surface area contributed by atoms with E-state index in [9.17, 15) is 0 Å². The Morgan fingerprint density at radius 1 is 0.312 bits per heavy atom. The van der Waals surface area contributed by atoms with Gasteiger partial charge < -0.3 is 27.4 Å². The van der Waals surface area contributed by atoms with Crippen molar-refractivity contribution in [2.75, 3.05) is 0 Å². The number of pyridine rings is 2. The van der Waals surface area contributed by atoms with Gasteiger partial charge in [-0.05, 0) is 122 Å². The van der Waals surface area contributed by atoms with Crippen molar-refractivity contribution in [3.8, 4) is 57.5 Å². The van der Waals surface area contributed by atoms with E-state index in [1.807, 2.05) is 48.9 Å². The third-order valence-electron chi connectivity index (χ3n) is 21.8. The van der Waals surface area contributed by atoms with E-state index < -0.39 is 0 Å². The molecule has 21 rings (SSSR count). The van der Waals surface area contributed by atoms with Crippen LogP contribution in [0.4, 0.5) is 0 Å². The second kappa shape index (κ2) is 28.6. The van der Waals surface area contributed by atoms with Gasteiger partial charge in [0.25, 0.3) is 0 Å². The van der Waals surface area contributed by atoms with Gasteiger partial charge in [0.2, 0.25) is 11.9 Å². The molecule has 0 N–H and O–H groups in total. The monoisotopic (exact) mass is 1810 g/mol. The zero-order chi connectivity index (χ0) is 74.2. The number of rotatable bonds is 13. The molecule has 0 amide bonds. The zero-order valence-corrected chi connectivity index (χ0v) is 67.3. The number of hydrogen-bond acceptors (Lipinski definition) is 6. The van der Waals surface area contributed by atoms with Gasteiger partial charge in [0, 0.05) is 63.7 Å². The number of benzene rings is 13. The van der Waals surface area contributed by atoms with Gasteiger partial charge in [-0.3, -0.25) is 19.1 Å². The van der Waals surface area contributed by atoms with Crippen LogP contribution >= 0.6 is 0 Å². The van der Waals surface area contributed by atoms with Gasteiger partial charge in [-0.25, -0.2) is 9.97 Å². The second-order valence-corrected chi connectivity index (χ2v) is 29.8. The molecule has 0 saturated carbocycles. The number of aromatic nitrogens is 10. The number of para-hydroxylation sites is 10. The summed E-state index contributed by atoms with van der Waals surface area (Å²) in [4.78, 5) is 20.5. The molecule has 0 fully saturated rings. The van der Waals surface area contributed by atoms with Gasteiger partial charge in [-0.1, -0.05) is 264 Å². The van der Waals surface area contributed by atoms with Gasteiger partial charge in [-0.15, -0.1) is 59.3 Å². The van der Waals surface area contributed by atoms with E-state index in [1.165, 1.54) is 33.6 Å². The standard InChI is InChI=1S/C52H39N5O.C46H35N5O.2Pt/c1-32(2)37-19-14-20-38(33(3)4)50(37)57-47-24-13-10-21-44(47)54-52(57)56-46-23-12-9-18-41(46)42-28-26-36(30-48(42)56)58-35-25-27-39-40-17-8-11-22-45(40)55-49(34-15-6-5-7-16-34)31-53-51(55)43(39)29-35;1-28(2)32-14-11-15-33(29(3)4)44(32)51-42-19-10-7-16-39(42)48-46(51)50-41-18-9-6-13-36(41)37-23-21-31(27-43(37)50)52-30-20-22-34-35-12-5-8-17-40(35)49-25-24-47-45(49)38(34)26-30;;/h5-28,31-33H,1-4H3;5-25,28-29H,1-4H3;;/q2*-2;2*+2. The van der Waals surface area contributed by atoms with Crippen LogP contribution in [0.15, 0.2) is 279 Å². The molecule has 0 unspecified atom stereocenters. The first kappa shape index (κ1) is 71.4. The third-order valence-corrected chi connectivity index (χ3v) is 21.8. The Hall–Kier alpha value is -12.2. The summed E-state index contributed by atoms with van der Waals surface area (Å²) in [7, 11) is 0. The summed E-state index contributed by atoms with van der Waals surface area (Å²) >= 11 is 0. The predicted molar refractivity (Wildman–Crippen MR) is 449 cm³/mol. The van der Waals surface area contributed by atoms with Crippen molar-refractivity contribution in [3.63, 3.8) is 0 Å². The molecular weight excluding hydrogens is 1740 g/mol. The maximum absolute atomic E-state index is 6.72. The topological polar surface area (TPSA) is 98.6 Å². The van der Waals surface area contributed by atoms with Crippen LogP contribution < -0.4 is 9.47 Å². The predicted octanol–water partition coefficient (Wildman–Crippen LogP) is 25.1. The quantitative estimate of drug-likeness (QED) is 0.0842. The van der Waals surface area contributed by atoms with Crippen LogP contribution in [0.3, 0.4) is 0 Å². The maximum atomic E-state index is 6.72. The minimum Gasteiger partial charge on any atom is -0.503 e. The summed E-state index contributed by atoms with van der Waals surface area (Å²) in [5, 5.41) is 10.6. The molecule has 0 aliphatic heterocycles. The average molecular weight is 1810 g/mol. The molecule has 8 heterocycles. The van der Waals surface area contributed by atoms with Crippen molar-refractivity contribution in [3.05, 3.63) is 326 Å². The Morgan fingerprint density at radius 2 is 0.688 bits per heavy atom. The van der Waals surface area contributed by atoms with Crippen LogP contribution in [-0.2, 0) is 42.1 Å². The Bertz CT molecular complexity index is 7220. The summed E-state index contributed by atoms with van der Waals surface area (Å²) < 4.78 is 26.9. The second-order valence-electron chi connectivity index (χ2n) is 29.8. The van der Waals surface area contributed by atoms with E-state index in [0.717, 1.165) is 143 Å². The summed E-state index contributed by atoms with van der Waals surface area (Å²) in [5.41, 5.74) is 21.4. The molecule has 0 spiro atoms. The fourth-order valence-electron chi connectivity index (χ4n) is 16.8. The fraction of sp³-hybridized carbons (Fsp3) is 0.122. The minimum atomic E-state index is 0. The van der Waals surface area contributed by atoms with Gasteiger partial charge >= 0.3 is 42.1 Å². The molecular formula is C98H74N10O2Pt2. The molecule has 112 heavy (non-hydrogen) atoms. The van der Waals surface area contributed by atoms with Gasteiger partial charge in [-0.2, -0.15) is 12.1 Å². The number of imidazole rings is 4. The smallest absolute Gasteiger partial charge is 0.503 e. The molecule has 0 aliphatic rings. The minimum absolute atomic E-state index is 0. The SMILES string of the molecule is CC(C)c1cccc(C(C)C)c1-n1c(-n2c3[c-]c(Oc4[c-]c5c(cc4)c4ccccc4n4c(-c6ccccc6)cnc54)ccc3c3ccccc32)nc2ccccc21.CC(C)c1cccc(C(C)C)c1-n1c(-n2c3[c-]c(Oc4[c-]c5c(cc4)c4ccccc4n4ccnc54)ccc3c3ccccc32)nc2ccccc21.[Pt+2].[Pt+2]. The van der Waals surface area contributed by atoms with Gasteiger partial charge in [0.1, 0.15) is 0 Å². The molecule has 0 atom stereocenters. The number of hydrogen-bond donors (Lipinski definition) is 0. The maximum Gasteiger partial charge on any atom is 2.00 e. The molecule has 0 radical (unpaired) electrons. The molecule has 13 aromatic carbocycles. The van der Waals surface area contributed by atoms with Crippen LogP contribution in [0.25, 0.3) is 155 Å². The largest absolute Gasteiger partial charge is 2.00 e. The Kier molecular flexibility index (Phi) is 18.2. The summed E-state index contributed by atoms with van der Waals surface area (Å²) in [6.07, 6.45) is 5.78. The summed E-state index contributed by atoms with van der Waals surface area (Å²) in [5.74, 6) is 5.24. The molecule has 21 aromatic rings. The van der Waals surface area contributed by atoms with Gasteiger partial charge in [0.05, 0.1) is 50.4 Å². The van der Waals surface area contributed by atoms with Crippen LogP contribution in [0.1, 0.15) is 101 Å². The van der Waals surface area contributed by atoms with E-state index in [4.69, 9.17) is 29.4 Å². The first-order chi connectivity index (χ1) is 53.9.